The van der Waals surface area contributed by atoms with Crippen molar-refractivity contribution in [3.63, 3.8) is 0 Å². The molecule has 0 aliphatic heterocycles. The van der Waals surface area contributed by atoms with Crippen LogP contribution in [0.1, 0.15) is 23.3 Å². The zero-order valence-electron chi connectivity index (χ0n) is 15.1. The van der Waals surface area contributed by atoms with Gasteiger partial charge in [-0.3, -0.25) is 14.2 Å². The number of aromatic nitrogens is 2. The van der Waals surface area contributed by atoms with Gasteiger partial charge in [0.1, 0.15) is 16.5 Å². The highest BCUT2D eigenvalue weighted by atomic mass is 32.2. The van der Waals surface area contributed by atoms with Crippen LogP contribution < -0.4 is 10.9 Å². The summed E-state index contributed by atoms with van der Waals surface area (Å²) in [6.07, 6.45) is 4.08. The number of hydrogen-bond donors (Lipinski definition) is 1. The fraction of sp³-hybridized carbons (Fsp3) is 0.316. The van der Waals surface area contributed by atoms with Gasteiger partial charge in [-0.25, -0.2) is 13.8 Å². The largest absolute Gasteiger partial charge is 0.323 e. The van der Waals surface area contributed by atoms with Crippen molar-refractivity contribution in [2.45, 2.75) is 30.8 Å². The van der Waals surface area contributed by atoms with Gasteiger partial charge in [0.05, 0.1) is 16.8 Å². The van der Waals surface area contributed by atoms with E-state index in [2.05, 4.69) is 10.3 Å². The number of thiophene rings is 1. The second kappa shape index (κ2) is 7.63. The van der Waals surface area contributed by atoms with Crippen LogP contribution >= 0.6 is 23.1 Å². The van der Waals surface area contributed by atoms with E-state index in [0.29, 0.717) is 15.4 Å². The quantitative estimate of drug-likeness (QED) is 0.513. The van der Waals surface area contributed by atoms with Gasteiger partial charge in [0.2, 0.25) is 5.91 Å². The number of carbonyl (C=O) groups excluding carboxylic acids is 1. The van der Waals surface area contributed by atoms with Gasteiger partial charge in [-0.05, 0) is 43.4 Å². The average molecular weight is 421 g/mol. The summed E-state index contributed by atoms with van der Waals surface area (Å²) in [5.41, 5.74) is 0.799. The third-order valence-corrected chi connectivity index (χ3v) is 6.91. The molecule has 1 aromatic carbocycles. The maximum absolute atomic E-state index is 13.7. The normalized spacial score (nSPS) is 13.5. The average Bonchev–Trinajstić information content (AvgIpc) is 3.05. The Kier molecular flexibility index (Phi) is 5.20. The molecule has 0 saturated carbocycles. The van der Waals surface area contributed by atoms with Crippen LogP contribution in [0.3, 0.4) is 0 Å². The van der Waals surface area contributed by atoms with Crippen LogP contribution in [0.2, 0.25) is 0 Å². The fourth-order valence-electron chi connectivity index (χ4n) is 3.31. The lowest BCUT2D eigenvalue weighted by Crippen LogP contribution is -2.22. The molecule has 2 heterocycles. The number of aryl methyl sites for hydroxylation is 2. The van der Waals surface area contributed by atoms with Gasteiger partial charge in [-0.2, -0.15) is 0 Å². The van der Waals surface area contributed by atoms with Crippen LogP contribution in [0.25, 0.3) is 10.2 Å². The van der Waals surface area contributed by atoms with E-state index in [4.69, 9.17) is 0 Å². The van der Waals surface area contributed by atoms with E-state index in [9.17, 15) is 18.4 Å². The SMILES string of the molecule is Cn1c(SCC(=O)Nc2cc(F)ccc2F)nc2sc3c(c2c1=O)CCCC3. The van der Waals surface area contributed by atoms with E-state index in [1.807, 2.05) is 0 Å². The summed E-state index contributed by atoms with van der Waals surface area (Å²) in [5, 5.41) is 3.46. The monoisotopic (exact) mass is 421 g/mol. The van der Waals surface area contributed by atoms with Crippen molar-refractivity contribution < 1.29 is 13.6 Å². The molecule has 1 N–H and O–H groups in total. The minimum atomic E-state index is -0.712. The Hall–Kier alpha value is -2.26. The molecule has 28 heavy (non-hydrogen) atoms. The van der Waals surface area contributed by atoms with Gasteiger partial charge in [0.25, 0.3) is 5.56 Å². The predicted molar refractivity (Wildman–Crippen MR) is 107 cm³/mol. The number of nitrogens with one attached hydrogen (secondary N) is 1. The van der Waals surface area contributed by atoms with Crippen molar-refractivity contribution in [2.24, 2.45) is 7.05 Å². The molecule has 0 saturated heterocycles. The van der Waals surface area contributed by atoms with E-state index in [1.54, 1.807) is 18.4 Å². The molecule has 0 atom stereocenters. The first kappa shape index (κ1) is 19.1. The number of carbonyl (C=O) groups is 1. The maximum Gasteiger partial charge on any atom is 0.262 e. The third-order valence-electron chi connectivity index (χ3n) is 4.69. The van der Waals surface area contributed by atoms with Crippen LogP contribution in [0, 0.1) is 11.6 Å². The van der Waals surface area contributed by atoms with Gasteiger partial charge >= 0.3 is 0 Å². The molecule has 3 aromatic rings. The van der Waals surface area contributed by atoms with E-state index in [-0.39, 0.29) is 17.0 Å². The molecule has 0 radical (unpaired) electrons. The van der Waals surface area contributed by atoms with Gasteiger partial charge in [0, 0.05) is 18.0 Å². The first-order valence-corrected chi connectivity index (χ1v) is 10.6. The first-order valence-electron chi connectivity index (χ1n) is 8.83. The molecule has 9 heteroatoms. The van der Waals surface area contributed by atoms with Crippen LogP contribution in [0.15, 0.2) is 28.2 Å². The molecule has 1 amide bonds. The molecule has 4 rings (SSSR count). The van der Waals surface area contributed by atoms with Gasteiger partial charge < -0.3 is 5.32 Å². The summed E-state index contributed by atoms with van der Waals surface area (Å²) >= 11 is 2.64. The highest BCUT2D eigenvalue weighted by molar-refractivity contribution is 7.99. The van der Waals surface area contributed by atoms with E-state index < -0.39 is 17.5 Å². The lowest BCUT2D eigenvalue weighted by Gasteiger charge is -2.11. The van der Waals surface area contributed by atoms with Crippen LogP contribution in [-0.2, 0) is 24.7 Å². The molecular weight excluding hydrogens is 404 g/mol. The number of amides is 1. The number of anilines is 1. The number of thioether (sulfide) groups is 1. The molecule has 2 aromatic heterocycles. The Labute approximate surface area is 167 Å². The molecule has 1 aliphatic rings. The maximum atomic E-state index is 13.7. The zero-order valence-corrected chi connectivity index (χ0v) is 16.7. The topological polar surface area (TPSA) is 64.0 Å². The van der Waals surface area contributed by atoms with Crippen molar-refractivity contribution in [3.05, 3.63) is 50.6 Å². The molecule has 0 spiro atoms. The Morgan fingerprint density at radius 2 is 2.11 bits per heavy atom. The molecule has 0 unspecified atom stereocenters. The molecule has 1 aliphatic carbocycles. The van der Waals surface area contributed by atoms with Crippen LogP contribution in [-0.4, -0.2) is 21.2 Å². The molecular formula is C19H17F2N3O2S2. The minimum absolute atomic E-state index is 0.0766. The molecule has 5 nitrogen and oxygen atoms in total. The zero-order chi connectivity index (χ0) is 19.8. The van der Waals surface area contributed by atoms with Crippen molar-refractivity contribution in [2.75, 3.05) is 11.1 Å². The third kappa shape index (κ3) is 3.56. The minimum Gasteiger partial charge on any atom is -0.323 e. The van der Waals surface area contributed by atoms with Gasteiger partial charge in [-0.1, -0.05) is 11.8 Å². The number of rotatable bonds is 4. The lowest BCUT2D eigenvalue weighted by molar-refractivity contribution is -0.113. The highest BCUT2D eigenvalue weighted by Gasteiger charge is 2.21. The van der Waals surface area contributed by atoms with Crippen molar-refractivity contribution >= 4 is 44.9 Å². The second-order valence-corrected chi connectivity index (χ2v) is 8.64. The second-order valence-electron chi connectivity index (χ2n) is 6.61. The number of fused-ring (bicyclic) bond motifs is 3. The van der Waals surface area contributed by atoms with E-state index in [1.165, 1.54) is 9.44 Å². The summed E-state index contributed by atoms with van der Waals surface area (Å²) in [7, 11) is 1.63. The molecule has 0 bridgehead atoms. The van der Waals surface area contributed by atoms with Gasteiger partial charge in [0.15, 0.2) is 5.16 Å². The summed E-state index contributed by atoms with van der Waals surface area (Å²) in [4.78, 5) is 31.5. The number of halogens is 2. The number of nitrogens with zero attached hydrogens (tertiary/aromatic N) is 2. The summed E-state index contributed by atoms with van der Waals surface area (Å²) in [6.45, 7) is 0. The predicted octanol–water partition coefficient (Wildman–Crippen LogP) is 3.88. The van der Waals surface area contributed by atoms with E-state index >= 15 is 0 Å². The summed E-state index contributed by atoms with van der Waals surface area (Å²) in [6, 6.07) is 2.86. The Morgan fingerprint density at radius 1 is 1.32 bits per heavy atom. The summed E-state index contributed by atoms with van der Waals surface area (Å²) in [5.74, 6) is -1.93. The van der Waals surface area contributed by atoms with Crippen molar-refractivity contribution in [3.8, 4) is 0 Å². The standard InChI is InChI=1S/C19H17F2N3O2S2/c1-24-18(26)16-11-4-2-3-5-14(11)28-17(16)23-19(24)27-9-15(25)22-13-8-10(20)6-7-12(13)21/h6-8H,2-5,9H2,1H3,(H,22,25). The Balaban J connectivity index is 1.55. The highest BCUT2D eigenvalue weighted by Crippen LogP contribution is 2.34. The smallest absolute Gasteiger partial charge is 0.262 e. The summed E-state index contributed by atoms with van der Waals surface area (Å²) < 4.78 is 28.3. The van der Waals surface area contributed by atoms with Crippen molar-refractivity contribution in [1.82, 2.24) is 9.55 Å². The Bertz CT molecular complexity index is 1140. The lowest BCUT2D eigenvalue weighted by atomic mass is 9.97. The molecule has 0 fully saturated rings. The number of benzene rings is 1. The van der Waals surface area contributed by atoms with Crippen molar-refractivity contribution in [1.29, 1.82) is 0 Å². The fourth-order valence-corrected chi connectivity index (χ4v) is 5.38. The Morgan fingerprint density at radius 3 is 2.93 bits per heavy atom. The van der Waals surface area contributed by atoms with Crippen LogP contribution in [0.5, 0.6) is 0 Å². The number of hydrogen-bond acceptors (Lipinski definition) is 5. The van der Waals surface area contributed by atoms with Gasteiger partial charge in [-0.15, -0.1) is 11.3 Å². The van der Waals surface area contributed by atoms with E-state index in [0.717, 1.165) is 61.2 Å². The van der Waals surface area contributed by atoms with Crippen LogP contribution in [0.4, 0.5) is 14.5 Å². The first-order chi connectivity index (χ1) is 13.4. The molecule has 146 valence electrons.